The van der Waals surface area contributed by atoms with Crippen LogP contribution in [0.4, 0.5) is 5.82 Å². The molecule has 1 heterocycles. The summed E-state index contributed by atoms with van der Waals surface area (Å²) in [6.45, 7) is 4.45. The number of nitrogens with one attached hydrogen (secondary N) is 1. The van der Waals surface area contributed by atoms with Crippen molar-refractivity contribution in [1.82, 2.24) is 14.3 Å². The van der Waals surface area contributed by atoms with Crippen LogP contribution in [0.25, 0.3) is 0 Å². The molecule has 2 rings (SSSR count). The highest BCUT2D eigenvalue weighted by molar-refractivity contribution is 5.31. The van der Waals surface area contributed by atoms with Gasteiger partial charge in [-0.25, -0.2) is 9.48 Å². The van der Waals surface area contributed by atoms with Gasteiger partial charge in [-0.15, -0.1) is 5.10 Å². The first kappa shape index (κ1) is 13.8. The Hall–Kier alpha value is -1.59. The average molecular weight is 266 g/mol. The zero-order valence-electron chi connectivity index (χ0n) is 12.0. The maximum absolute atomic E-state index is 12.0. The number of aromatic nitrogens is 3. The standard InChI is InChI=1S/C13H22N4O2/c1-8-5-6-10(9(2)7-8)14-11-12(18)16(3)13(19)17(4)15-11/h8-10H,5-7H2,1-4H3,(H,14,15). The van der Waals surface area contributed by atoms with Gasteiger partial charge in [0.05, 0.1) is 0 Å². The third kappa shape index (κ3) is 2.72. The topological polar surface area (TPSA) is 68.9 Å². The van der Waals surface area contributed by atoms with E-state index in [-0.39, 0.29) is 17.4 Å². The lowest BCUT2D eigenvalue weighted by Crippen LogP contribution is -2.42. The molecule has 0 bridgehead atoms. The van der Waals surface area contributed by atoms with E-state index in [9.17, 15) is 9.59 Å². The number of rotatable bonds is 2. The lowest BCUT2D eigenvalue weighted by molar-refractivity contribution is 0.275. The number of aryl methyl sites for hydroxylation is 1. The minimum Gasteiger partial charge on any atom is -0.361 e. The van der Waals surface area contributed by atoms with Crippen molar-refractivity contribution in [3.63, 3.8) is 0 Å². The molecular formula is C13H22N4O2. The van der Waals surface area contributed by atoms with Gasteiger partial charge >= 0.3 is 5.69 Å². The van der Waals surface area contributed by atoms with Crippen molar-refractivity contribution in [2.75, 3.05) is 5.32 Å². The van der Waals surface area contributed by atoms with Crippen molar-refractivity contribution >= 4 is 5.82 Å². The lowest BCUT2D eigenvalue weighted by Gasteiger charge is -2.33. The van der Waals surface area contributed by atoms with Crippen LogP contribution in [0.15, 0.2) is 9.59 Å². The van der Waals surface area contributed by atoms with Crippen LogP contribution in [0, 0.1) is 11.8 Å². The quantitative estimate of drug-likeness (QED) is 0.856. The smallest absolute Gasteiger partial charge is 0.346 e. The van der Waals surface area contributed by atoms with Crippen LogP contribution in [0.5, 0.6) is 0 Å². The van der Waals surface area contributed by atoms with Gasteiger partial charge in [-0.05, 0) is 31.1 Å². The Balaban J connectivity index is 2.25. The Bertz CT molecular complexity index is 575. The van der Waals surface area contributed by atoms with Crippen LogP contribution < -0.4 is 16.6 Å². The second-order valence-electron chi connectivity index (χ2n) is 5.77. The van der Waals surface area contributed by atoms with Crippen molar-refractivity contribution in [3.8, 4) is 0 Å². The molecule has 1 saturated carbocycles. The van der Waals surface area contributed by atoms with Crippen LogP contribution >= 0.6 is 0 Å². The maximum Gasteiger partial charge on any atom is 0.346 e. The third-order valence-corrected chi connectivity index (χ3v) is 4.07. The first-order valence-electron chi connectivity index (χ1n) is 6.81. The molecule has 6 heteroatoms. The molecule has 3 atom stereocenters. The van der Waals surface area contributed by atoms with Crippen molar-refractivity contribution in [3.05, 3.63) is 20.8 Å². The minimum atomic E-state index is -0.402. The van der Waals surface area contributed by atoms with Gasteiger partial charge in [-0.3, -0.25) is 9.36 Å². The highest BCUT2D eigenvalue weighted by atomic mass is 16.2. The molecule has 1 aromatic heterocycles. The molecule has 0 aliphatic heterocycles. The fraction of sp³-hybridized carbons (Fsp3) is 0.769. The summed E-state index contributed by atoms with van der Waals surface area (Å²) in [4.78, 5) is 23.6. The van der Waals surface area contributed by atoms with Crippen LogP contribution in [0.1, 0.15) is 33.1 Å². The van der Waals surface area contributed by atoms with Gasteiger partial charge in [0.1, 0.15) is 0 Å². The lowest BCUT2D eigenvalue weighted by atomic mass is 9.80. The molecule has 0 radical (unpaired) electrons. The minimum absolute atomic E-state index is 0.258. The van der Waals surface area contributed by atoms with Gasteiger partial charge in [0.2, 0.25) is 5.82 Å². The van der Waals surface area contributed by atoms with Crippen molar-refractivity contribution in [2.24, 2.45) is 25.9 Å². The van der Waals surface area contributed by atoms with Gasteiger partial charge < -0.3 is 5.32 Å². The fourth-order valence-corrected chi connectivity index (χ4v) is 2.84. The first-order valence-corrected chi connectivity index (χ1v) is 6.81. The van der Waals surface area contributed by atoms with Gasteiger partial charge in [0.25, 0.3) is 5.56 Å². The van der Waals surface area contributed by atoms with E-state index in [4.69, 9.17) is 0 Å². The summed E-state index contributed by atoms with van der Waals surface area (Å²) < 4.78 is 2.28. The summed E-state index contributed by atoms with van der Waals surface area (Å²) >= 11 is 0. The predicted molar refractivity (Wildman–Crippen MR) is 74.3 cm³/mol. The van der Waals surface area contributed by atoms with Crippen molar-refractivity contribution < 1.29 is 0 Å². The summed E-state index contributed by atoms with van der Waals surface area (Å²) in [5.74, 6) is 1.52. The van der Waals surface area contributed by atoms with E-state index in [0.29, 0.717) is 5.92 Å². The molecule has 0 spiro atoms. The fourth-order valence-electron chi connectivity index (χ4n) is 2.84. The number of hydrogen-bond donors (Lipinski definition) is 1. The van der Waals surface area contributed by atoms with Crippen LogP contribution in [-0.4, -0.2) is 20.4 Å². The molecule has 106 valence electrons. The Morgan fingerprint density at radius 2 is 1.89 bits per heavy atom. The average Bonchev–Trinajstić information content (AvgIpc) is 2.36. The SMILES string of the molecule is CC1CCC(Nc2nn(C)c(=O)n(C)c2=O)C(C)C1. The van der Waals surface area contributed by atoms with Crippen LogP contribution in [0.3, 0.4) is 0 Å². The van der Waals surface area contributed by atoms with Gasteiger partial charge in [0.15, 0.2) is 0 Å². The monoisotopic (exact) mass is 266 g/mol. The van der Waals surface area contributed by atoms with E-state index in [1.165, 1.54) is 11.7 Å². The van der Waals surface area contributed by atoms with E-state index in [2.05, 4.69) is 24.3 Å². The van der Waals surface area contributed by atoms with Gasteiger partial charge in [-0.2, -0.15) is 0 Å². The Kier molecular flexibility index (Phi) is 3.78. The molecule has 0 amide bonds. The molecule has 1 fully saturated rings. The molecule has 19 heavy (non-hydrogen) atoms. The molecule has 0 aromatic carbocycles. The van der Waals surface area contributed by atoms with E-state index >= 15 is 0 Å². The molecule has 3 unspecified atom stereocenters. The van der Waals surface area contributed by atoms with E-state index in [0.717, 1.165) is 29.7 Å². The Morgan fingerprint density at radius 3 is 2.53 bits per heavy atom. The van der Waals surface area contributed by atoms with E-state index < -0.39 is 5.69 Å². The van der Waals surface area contributed by atoms with Gasteiger partial charge in [0, 0.05) is 20.1 Å². The molecule has 1 aromatic rings. The molecule has 6 nitrogen and oxygen atoms in total. The number of hydrogen-bond acceptors (Lipinski definition) is 4. The zero-order valence-corrected chi connectivity index (χ0v) is 12.0. The van der Waals surface area contributed by atoms with Crippen LogP contribution in [-0.2, 0) is 14.1 Å². The van der Waals surface area contributed by atoms with E-state index in [1.54, 1.807) is 7.05 Å². The summed E-state index contributed by atoms with van der Waals surface area (Å²) in [5, 5.41) is 7.26. The molecule has 0 saturated heterocycles. The van der Waals surface area contributed by atoms with E-state index in [1.807, 2.05) is 0 Å². The normalized spacial score (nSPS) is 27.3. The highest BCUT2D eigenvalue weighted by Crippen LogP contribution is 2.29. The summed E-state index contributed by atoms with van der Waals surface area (Å²) in [5.41, 5.74) is -0.755. The van der Waals surface area contributed by atoms with Crippen molar-refractivity contribution in [1.29, 1.82) is 0 Å². The maximum atomic E-state index is 12.0. The Labute approximate surface area is 112 Å². The van der Waals surface area contributed by atoms with Crippen LogP contribution in [0.2, 0.25) is 0 Å². The highest BCUT2D eigenvalue weighted by Gasteiger charge is 2.26. The summed E-state index contributed by atoms with van der Waals surface area (Å²) in [6.07, 6.45) is 3.36. The van der Waals surface area contributed by atoms with Gasteiger partial charge in [-0.1, -0.05) is 13.8 Å². The number of nitrogens with zero attached hydrogens (tertiary/aromatic N) is 3. The second kappa shape index (κ2) is 5.19. The summed E-state index contributed by atoms with van der Waals surface area (Å²) in [6, 6.07) is 0.258. The Morgan fingerprint density at radius 1 is 1.21 bits per heavy atom. The molecule has 1 aliphatic rings. The molecule has 1 N–H and O–H groups in total. The second-order valence-corrected chi connectivity index (χ2v) is 5.77. The zero-order chi connectivity index (χ0) is 14.2. The van der Waals surface area contributed by atoms with Crippen molar-refractivity contribution in [2.45, 2.75) is 39.2 Å². The predicted octanol–water partition coefficient (Wildman–Crippen LogP) is 0.716. The molecule has 1 aliphatic carbocycles. The molecular weight excluding hydrogens is 244 g/mol. The summed E-state index contributed by atoms with van der Waals surface area (Å²) in [7, 11) is 3.03. The largest absolute Gasteiger partial charge is 0.361 e. The first-order chi connectivity index (χ1) is 8.90. The number of anilines is 1. The third-order valence-electron chi connectivity index (χ3n) is 4.07.